The second-order valence-electron chi connectivity index (χ2n) is 3.04. The van der Waals surface area contributed by atoms with Crippen LogP contribution in [0.4, 0.5) is 0 Å². The number of ether oxygens (including phenoxy) is 1. The molecule has 4 nitrogen and oxygen atoms in total. The van der Waals surface area contributed by atoms with Gasteiger partial charge in [0.25, 0.3) is 0 Å². The largest absolute Gasteiger partial charge is 0.465 e. The highest BCUT2D eigenvalue weighted by molar-refractivity contribution is 5.75. The first-order valence-electron chi connectivity index (χ1n) is 4.72. The standard InChI is InChI=1S/C9H20N2O2/c1-4-11(3)7-6-8(10)9(12)13-5-2/h8H,4-7,10H2,1-3H3. The van der Waals surface area contributed by atoms with Crippen molar-refractivity contribution in [3.05, 3.63) is 0 Å². The highest BCUT2D eigenvalue weighted by Gasteiger charge is 2.14. The molecule has 0 fully saturated rings. The molecule has 0 aromatic carbocycles. The van der Waals surface area contributed by atoms with Gasteiger partial charge in [-0.1, -0.05) is 6.92 Å². The Hall–Kier alpha value is -0.610. The lowest BCUT2D eigenvalue weighted by Crippen LogP contribution is -2.35. The molecule has 13 heavy (non-hydrogen) atoms. The Morgan fingerprint density at radius 3 is 2.62 bits per heavy atom. The van der Waals surface area contributed by atoms with Crippen LogP contribution in [0.15, 0.2) is 0 Å². The second-order valence-corrected chi connectivity index (χ2v) is 3.04. The van der Waals surface area contributed by atoms with Crippen molar-refractivity contribution in [3.8, 4) is 0 Å². The molecule has 4 heteroatoms. The van der Waals surface area contributed by atoms with Gasteiger partial charge in [0.05, 0.1) is 6.61 Å². The lowest BCUT2D eigenvalue weighted by atomic mass is 10.2. The summed E-state index contributed by atoms with van der Waals surface area (Å²) in [4.78, 5) is 13.2. The van der Waals surface area contributed by atoms with Gasteiger partial charge < -0.3 is 15.4 Å². The van der Waals surface area contributed by atoms with Gasteiger partial charge in [-0.15, -0.1) is 0 Å². The van der Waals surface area contributed by atoms with Gasteiger partial charge in [0, 0.05) is 0 Å². The molecule has 0 saturated carbocycles. The summed E-state index contributed by atoms with van der Waals surface area (Å²) in [6.07, 6.45) is 0.656. The smallest absolute Gasteiger partial charge is 0.322 e. The van der Waals surface area contributed by atoms with E-state index in [1.807, 2.05) is 7.05 Å². The summed E-state index contributed by atoms with van der Waals surface area (Å²) in [6.45, 7) is 6.04. The van der Waals surface area contributed by atoms with Crippen LogP contribution in [0.5, 0.6) is 0 Å². The Morgan fingerprint density at radius 1 is 1.54 bits per heavy atom. The zero-order chi connectivity index (χ0) is 10.3. The lowest BCUT2D eigenvalue weighted by Gasteiger charge is -2.16. The van der Waals surface area contributed by atoms with Gasteiger partial charge >= 0.3 is 5.97 Å². The summed E-state index contributed by atoms with van der Waals surface area (Å²) in [5.74, 6) is -0.299. The first-order valence-corrected chi connectivity index (χ1v) is 4.72. The number of hydrogen-bond acceptors (Lipinski definition) is 4. The molecule has 1 unspecified atom stereocenters. The van der Waals surface area contributed by atoms with Crippen molar-refractivity contribution in [1.82, 2.24) is 4.90 Å². The molecule has 0 aromatic heterocycles. The topological polar surface area (TPSA) is 55.6 Å². The van der Waals surface area contributed by atoms with Crippen molar-refractivity contribution in [2.24, 2.45) is 5.73 Å². The van der Waals surface area contributed by atoms with E-state index in [1.165, 1.54) is 0 Å². The van der Waals surface area contributed by atoms with E-state index in [0.29, 0.717) is 13.0 Å². The molecule has 0 aliphatic heterocycles. The molecule has 0 amide bonds. The van der Waals surface area contributed by atoms with Crippen molar-refractivity contribution in [1.29, 1.82) is 0 Å². The molecule has 0 rings (SSSR count). The van der Waals surface area contributed by atoms with E-state index in [0.717, 1.165) is 13.1 Å². The fourth-order valence-electron chi connectivity index (χ4n) is 0.885. The number of carbonyl (C=O) groups is 1. The molecular formula is C9H20N2O2. The summed E-state index contributed by atoms with van der Waals surface area (Å²) in [5.41, 5.74) is 5.61. The van der Waals surface area contributed by atoms with Gasteiger partial charge in [-0.25, -0.2) is 0 Å². The number of esters is 1. The van der Waals surface area contributed by atoms with Crippen LogP contribution >= 0.6 is 0 Å². The van der Waals surface area contributed by atoms with Crippen LogP contribution in [0.25, 0.3) is 0 Å². The second kappa shape index (κ2) is 6.86. The zero-order valence-corrected chi connectivity index (χ0v) is 8.75. The Morgan fingerprint density at radius 2 is 2.15 bits per heavy atom. The number of hydrogen-bond donors (Lipinski definition) is 1. The third-order valence-electron chi connectivity index (χ3n) is 1.95. The molecule has 0 spiro atoms. The van der Waals surface area contributed by atoms with E-state index < -0.39 is 6.04 Å². The predicted molar refractivity (Wildman–Crippen MR) is 52.4 cm³/mol. The van der Waals surface area contributed by atoms with Crippen molar-refractivity contribution >= 4 is 5.97 Å². The zero-order valence-electron chi connectivity index (χ0n) is 8.75. The fourth-order valence-corrected chi connectivity index (χ4v) is 0.885. The van der Waals surface area contributed by atoms with E-state index in [1.54, 1.807) is 6.92 Å². The molecule has 0 aliphatic rings. The molecule has 0 aliphatic carbocycles. The van der Waals surface area contributed by atoms with Crippen LogP contribution in [0, 0.1) is 0 Å². The Balaban J connectivity index is 3.60. The first-order chi connectivity index (χ1) is 6.11. The van der Waals surface area contributed by atoms with Gasteiger partial charge in [0.15, 0.2) is 0 Å². The van der Waals surface area contributed by atoms with Gasteiger partial charge in [-0.3, -0.25) is 4.79 Å². The molecule has 78 valence electrons. The minimum Gasteiger partial charge on any atom is -0.465 e. The maximum atomic E-state index is 11.1. The molecule has 0 bridgehead atoms. The van der Waals surface area contributed by atoms with Crippen LogP contribution < -0.4 is 5.73 Å². The molecular weight excluding hydrogens is 168 g/mol. The first kappa shape index (κ1) is 12.4. The van der Waals surface area contributed by atoms with Crippen LogP contribution in [-0.4, -0.2) is 43.7 Å². The van der Waals surface area contributed by atoms with Crippen molar-refractivity contribution in [2.75, 3.05) is 26.7 Å². The Labute approximate surface area is 80.0 Å². The maximum absolute atomic E-state index is 11.1. The van der Waals surface area contributed by atoms with E-state index in [9.17, 15) is 4.79 Å². The van der Waals surface area contributed by atoms with Crippen LogP contribution in [0.2, 0.25) is 0 Å². The van der Waals surface area contributed by atoms with Gasteiger partial charge in [-0.2, -0.15) is 0 Å². The summed E-state index contributed by atoms with van der Waals surface area (Å²) in [5, 5.41) is 0. The molecule has 2 N–H and O–H groups in total. The third-order valence-corrected chi connectivity index (χ3v) is 1.95. The normalized spacial score (nSPS) is 13.0. The molecule has 0 aromatic rings. The minimum absolute atomic E-state index is 0.299. The predicted octanol–water partition coefficient (Wildman–Crippen LogP) is 0.219. The highest BCUT2D eigenvalue weighted by Crippen LogP contribution is 1.94. The minimum atomic E-state index is -0.478. The fraction of sp³-hybridized carbons (Fsp3) is 0.889. The summed E-state index contributed by atoms with van der Waals surface area (Å²) in [6, 6.07) is -0.478. The average Bonchev–Trinajstić information content (AvgIpc) is 2.13. The van der Waals surface area contributed by atoms with Crippen LogP contribution in [0.1, 0.15) is 20.3 Å². The lowest BCUT2D eigenvalue weighted by molar-refractivity contribution is -0.144. The highest BCUT2D eigenvalue weighted by atomic mass is 16.5. The van der Waals surface area contributed by atoms with Gasteiger partial charge in [0.1, 0.15) is 6.04 Å². The summed E-state index contributed by atoms with van der Waals surface area (Å²) in [7, 11) is 2.00. The number of rotatable bonds is 6. The summed E-state index contributed by atoms with van der Waals surface area (Å²) < 4.78 is 4.79. The van der Waals surface area contributed by atoms with E-state index in [4.69, 9.17) is 10.5 Å². The van der Waals surface area contributed by atoms with Crippen molar-refractivity contribution < 1.29 is 9.53 Å². The van der Waals surface area contributed by atoms with E-state index >= 15 is 0 Å². The molecule has 1 atom stereocenters. The summed E-state index contributed by atoms with van der Waals surface area (Å²) >= 11 is 0. The van der Waals surface area contributed by atoms with E-state index in [-0.39, 0.29) is 5.97 Å². The average molecular weight is 188 g/mol. The Bertz CT molecular complexity index is 151. The number of nitrogens with zero attached hydrogens (tertiary/aromatic N) is 1. The molecule has 0 radical (unpaired) electrons. The number of nitrogens with two attached hydrogens (primary N) is 1. The molecule has 0 saturated heterocycles. The van der Waals surface area contributed by atoms with Crippen LogP contribution in [0.3, 0.4) is 0 Å². The quantitative estimate of drug-likeness (QED) is 0.606. The SMILES string of the molecule is CCOC(=O)C(N)CCN(C)CC. The van der Waals surface area contributed by atoms with Crippen molar-refractivity contribution in [3.63, 3.8) is 0 Å². The third kappa shape index (κ3) is 5.60. The Kier molecular flexibility index (Phi) is 6.54. The molecule has 0 heterocycles. The maximum Gasteiger partial charge on any atom is 0.322 e. The van der Waals surface area contributed by atoms with Gasteiger partial charge in [-0.05, 0) is 33.5 Å². The number of carbonyl (C=O) groups excluding carboxylic acids is 1. The van der Waals surface area contributed by atoms with Gasteiger partial charge in [0.2, 0.25) is 0 Å². The van der Waals surface area contributed by atoms with Crippen LogP contribution in [-0.2, 0) is 9.53 Å². The monoisotopic (exact) mass is 188 g/mol. The van der Waals surface area contributed by atoms with E-state index in [2.05, 4.69) is 11.8 Å². The van der Waals surface area contributed by atoms with Crippen molar-refractivity contribution in [2.45, 2.75) is 26.3 Å².